The predicted molar refractivity (Wildman–Crippen MR) is 73.1 cm³/mol. The molecule has 5 nitrogen and oxygen atoms in total. The summed E-state index contributed by atoms with van der Waals surface area (Å²) in [6.45, 7) is 5.12. The minimum absolute atomic E-state index is 0.345. The summed E-state index contributed by atoms with van der Waals surface area (Å²) < 4.78 is 26.5. The van der Waals surface area contributed by atoms with E-state index in [1.807, 2.05) is 0 Å². The van der Waals surface area contributed by atoms with Crippen molar-refractivity contribution >= 4 is 10.0 Å². The van der Waals surface area contributed by atoms with Crippen molar-refractivity contribution in [2.75, 3.05) is 52.1 Å². The molecule has 2 aliphatic rings. The fourth-order valence-electron chi connectivity index (χ4n) is 2.75. The van der Waals surface area contributed by atoms with Gasteiger partial charge in [-0.2, -0.15) is 0 Å². The van der Waals surface area contributed by atoms with Gasteiger partial charge in [0.25, 0.3) is 0 Å². The predicted octanol–water partition coefficient (Wildman–Crippen LogP) is -0.0467. The van der Waals surface area contributed by atoms with Crippen LogP contribution < -0.4 is 5.32 Å². The molecule has 0 aromatic carbocycles. The minimum atomic E-state index is -3.05. The largest absolute Gasteiger partial charge is 0.317 e. The van der Waals surface area contributed by atoms with Crippen LogP contribution in [-0.2, 0) is 10.0 Å². The molecule has 2 heterocycles. The van der Waals surface area contributed by atoms with E-state index in [-0.39, 0.29) is 0 Å². The van der Waals surface area contributed by atoms with Crippen molar-refractivity contribution in [3.8, 4) is 0 Å². The first-order valence-electron chi connectivity index (χ1n) is 6.95. The zero-order valence-electron chi connectivity index (χ0n) is 11.3. The van der Waals surface area contributed by atoms with E-state index < -0.39 is 10.0 Å². The number of nitrogens with zero attached hydrogens (tertiary/aromatic N) is 2. The molecule has 0 saturated carbocycles. The SMILES string of the molecule is CN1CCCN(S(=O)(=O)CC2CCNCC2)CC1. The summed E-state index contributed by atoms with van der Waals surface area (Å²) in [5, 5.41) is 3.28. The second kappa shape index (κ2) is 6.32. The van der Waals surface area contributed by atoms with Gasteiger partial charge in [-0.05, 0) is 51.9 Å². The van der Waals surface area contributed by atoms with Crippen molar-refractivity contribution in [1.82, 2.24) is 14.5 Å². The number of nitrogens with one attached hydrogen (secondary N) is 1. The average molecular weight is 275 g/mol. The second-order valence-corrected chi connectivity index (χ2v) is 7.54. The van der Waals surface area contributed by atoms with Crippen LogP contribution in [0.4, 0.5) is 0 Å². The smallest absolute Gasteiger partial charge is 0.214 e. The summed E-state index contributed by atoms with van der Waals surface area (Å²) in [5.74, 6) is 0.690. The molecule has 0 aliphatic carbocycles. The van der Waals surface area contributed by atoms with Gasteiger partial charge in [-0.1, -0.05) is 0 Å². The highest BCUT2D eigenvalue weighted by Gasteiger charge is 2.28. The molecule has 0 aromatic rings. The van der Waals surface area contributed by atoms with Gasteiger partial charge in [0, 0.05) is 19.6 Å². The molecule has 1 N–H and O–H groups in total. The Hall–Kier alpha value is -0.170. The van der Waals surface area contributed by atoms with Gasteiger partial charge >= 0.3 is 0 Å². The molecule has 2 fully saturated rings. The maximum Gasteiger partial charge on any atom is 0.214 e. The zero-order chi connectivity index (χ0) is 13.0. The van der Waals surface area contributed by atoms with Gasteiger partial charge in [0.05, 0.1) is 5.75 Å². The second-order valence-electron chi connectivity index (χ2n) is 5.53. The summed E-state index contributed by atoms with van der Waals surface area (Å²) in [5.41, 5.74) is 0. The molecule has 18 heavy (non-hydrogen) atoms. The quantitative estimate of drug-likeness (QED) is 0.785. The lowest BCUT2D eigenvalue weighted by Crippen LogP contribution is -2.40. The first kappa shape index (κ1) is 14.2. The van der Waals surface area contributed by atoms with Crippen molar-refractivity contribution in [2.45, 2.75) is 19.3 Å². The molecule has 0 spiro atoms. The summed E-state index contributed by atoms with van der Waals surface area (Å²) in [4.78, 5) is 2.21. The van der Waals surface area contributed by atoms with Crippen LogP contribution in [0.5, 0.6) is 0 Å². The lowest BCUT2D eigenvalue weighted by Gasteiger charge is -2.26. The van der Waals surface area contributed by atoms with Gasteiger partial charge in [0.2, 0.25) is 10.0 Å². The van der Waals surface area contributed by atoms with Crippen LogP contribution >= 0.6 is 0 Å². The normalized spacial score (nSPS) is 26.1. The van der Waals surface area contributed by atoms with Crippen molar-refractivity contribution < 1.29 is 8.42 Å². The number of hydrogen-bond acceptors (Lipinski definition) is 4. The molecule has 0 amide bonds. The van der Waals surface area contributed by atoms with Crippen LogP contribution in [0.2, 0.25) is 0 Å². The van der Waals surface area contributed by atoms with E-state index in [1.165, 1.54) is 0 Å². The Bertz CT molecular complexity index is 352. The van der Waals surface area contributed by atoms with Crippen LogP contribution in [-0.4, -0.2) is 69.7 Å². The fourth-order valence-corrected chi connectivity index (χ4v) is 4.66. The van der Waals surface area contributed by atoms with Crippen LogP contribution in [0.1, 0.15) is 19.3 Å². The number of likely N-dealkylation sites (N-methyl/N-ethyl adjacent to an activating group) is 1. The highest BCUT2D eigenvalue weighted by Crippen LogP contribution is 2.17. The number of piperidine rings is 1. The zero-order valence-corrected chi connectivity index (χ0v) is 12.1. The molecule has 0 radical (unpaired) electrons. The number of rotatable bonds is 3. The molecule has 0 unspecified atom stereocenters. The third-order valence-electron chi connectivity index (χ3n) is 3.98. The fraction of sp³-hybridized carbons (Fsp3) is 1.00. The summed E-state index contributed by atoms with van der Waals surface area (Å²) >= 11 is 0. The van der Waals surface area contributed by atoms with Crippen LogP contribution in [0.15, 0.2) is 0 Å². The number of sulfonamides is 1. The lowest BCUT2D eigenvalue weighted by atomic mass is 10.0. The maximum atomic E-state index is 12.4. The molecule has 6 heteroatoms. The maximum absolute atomic E-state index is 12.4. The van der Waals surface area contributed by atoms with Gasteiger partial charge in [0.1, 0.15) is 0 Å². The summed E-state index contributed by atoms with van der Waals surface area (Å²) in [7, 11) is -0.992. The molecule has 106 valence electrons. The molecular weight excluding hydrogens is 250 g/mol. The van der Waals surface area contributed by atoms with Gasteiger partial charge in [-0.15, -0.1) is 0 Å². The first-order chi connectivity index (χ1) is 8.58. The summed E-state index contributed by atoms with van der Waals surface area (Å²) in [6, 6.07) is 0. The molecular formula is C12H25N3O2S. The van der Waals surface area contributed by atoms with E-state index in [2.05, 4.69) is 17.3 Å². The van der Waals surface area contributed by atoms with E-state index in [1.54, 1.807) is 4.31 Å². The van der Waals surface area contributed by atoms with Crippen LogP contribution in [0, 0.1) is 5.92 Å². The van der Waals surface area contributed by atoms with E-state index >= 15 is 0 Å². The standard InChI is InChI=1S/C12H25N3O2S/c1-14-7-2-8-15(10-9-14)18(16,17)11-12-3-5-13-6-4-12/h12-13H,2-11H2,1H3. The van der Waals surface area contributed by atoms with E-state index in [4.69, 9.17) is 0 Å². The van der Waals surface area contributed by atoms with Crippen molar-refractivity contribution in [3.05, 3.63) is 0 Å². The Morgan fingerprint density at radius 3 is 2.56 bits per heavy atom. The summed E-state index contributed by atoms with van der Waals surface area (Å²) in [6.07, 6.45) is 2.93. The Morgan fingerprint density at radius 1 is 1.11 bits per heavy atom. The van der Waals surface area contributed by atoms with Crippen molar-refractivity contribution in [1.29, 1.82) is 0 Å². The van der Waals surface area contributed by atoms with Gasteiger partial charge < -0.3 is 10.2 Å². The average Bonchev–Trinajstić information content (AvgIpc) is 2.55. The highest BCUT2D eigenvalue weighted by atomic mass is 32.2. The Balaban J connectivity index is 1.92. The third kappa shape index (κ3) is 3.91. The molecule has 0 bridgehead atoms. The third-order valence-corrected chi connectivity index (χ3v) is 6.02. The lowest BCUT2D eigenvalue weighted by molar-refractivity contribution is 0.344. The molecule has 2 rings (SSSR count). The minimum Gasteiger partial charge on any atom is -0.317 e. The van der Waals surface area contributed by atoms with E-state index in [0.29, 0.717) is 24.8 Å². The van der Waals surface area contributed by atoms with E-state index in [9.17, 15) is 8.42 Å². The van der Waals surface area contributed by atoms with Gasteiger partial charge in [0.15, 0.2) is 0 Å². The molecule has 2 aliphatic heterocycles. The van der Waals surface area contributed by atoms with Gasteiger partial charge in [-0.25, -0.2) is 12.7 Å². The van der Waals surface area contributed by atoms with Crippen molar-refractivity contribution in [3.63, 3.8) is 0 Å². The highest BCUT2D eigenvalue weighted by molar-refractivity contribution is 7.89. The van der Waals surface area contributed by atoms with Crippen LogP contribution in [0.3, 0.4) is 0 Å². The van der Waals surface area contributed by atoms with Crippen LogP contribution in [0.25, 0.3) is 0 Å². The van der Waals surface area contributed by atoms with Gasteiger partial charge in [-0.3, -0.25) is 0 Å². The Labute approximate surface area is 111 Å². The topological polar surface area (TPSA) is 52.7 Å². The Morgan fingerprint density at radius 2 is 1.83 bits per heavy atom. The Kier molecular flexibility index (Phi) is 5.00. The monoisotopic (exact) mass is 275 g/mol. The molecule has 0 atom stereocenters. The van der Waals surface area contributed by atoms with E-state index in [0.717, 1.165) is 45.4 Å². The molecule has 0 aromatic heterocycles. The number of hydrogen-bond donors (Lipinski definition) is 1. The first-order valence-corrected chi connectivity index (χ1v) is 8.56. The molecule has 2 saturated heterocycles. The van der Waals surface area contributed by atoms with Crippen molar-refractivity contribution in [2.24, 2.45) is 5.92 Å².